The summed E-state index contributed by atoms with van der Waals surface area (Å²) in [6.07, 6.45) is -2.18. The Balaban J connectivity index is 4.61. The molecule has 12 heteroatoms. The standard InChI is InChI=1S/C3H6O10S2/c4-1-2(5)3(6)12-15(10,11)13-14(7,8)9/h2,4-5H,1H2,(H,7,8,9). The summed E-state index contributed by atoms with van der Waals surface area (Å²) in [6.45, 7) is -1.14. The fourth-order valence-electron chi connectivity index (χ4n) is 0.350. The third-order valence-electron chi connectivity index (χ3n) is 0.799. The SMILES string of the molecule is O=C(OS(=O)(=O)OS(=O)(=O)O)C(O)CO. The highest BCUT2D eigenvalue weighted by molar-refractivity contribution is 7.95. The van der Waals surface area contributed by atoms with Crippen LogP contribution in [0, 0.1) is 0 Å². The van der Waals surface area contributed by atoms with Crippen molar-refractivity contribution in [2.45, 2.75) is 6.10 Å². The van der Waals surface area contributed by atoms with Crippen LogP contribution in [-0.4, -0.2) is 50.3 Å². The second-order valence-corrected chi connectivity index (χ2v) is 4.39. The summed E-state index contributed by atoms with van der Waals surface area (Å²) >= 11 is 0. The molecular formula is C3H6O10S2. The summed E-state index contributed by atoms with van der Waals surface area (Å²) in [5.74, 6) is -1.86. The molecule has 0 saturated heterocycles. The van der Waals surface area contributed by atoms with Crippen LogP contribution in [0.15, 0.2) is 0 Å². The maximum atomic E-state index is 10.5. The minimum absolute atomic E-state index is 1.14. The van der Waals surface area contributed by atoms with Crippen LogP contribution in [0.4, 0.5) is 0 Å². The lowest BCUT2D eigenvalue weighted by Crippen LogP contribution is -2.30. The first kappa shape index (κ1) is 14.2. The lowest BCUT2D eigenvalue weighted by atomic mass is 10.4. The Hall–Kier alpha value is -0.790. The van der Waals surface area contributed by atoms with Gasteiger partial charge in [-0.25, -0.2) is 4.79 Å². The van der Waals surface area contributed by atoms with Crippen molar-refractivity contribution >= 4 is 26.8 Å². The van der Waals surface area contributed by atoms with Crippen molar-refractivity contribution in [3.63, 3.8) is 0 Å². The molecule has 10 nitrogen and oxygen atoms in total. The molecule has 3 N–H and O–H groups in total. The number of hydrogen-bond donors (Lipinski definition) is 3. The summed E-state index contributed by atoms with van der Waals surface area (Å²) in [5, 5.41) is 16.7. The lowest BCUT2D eigenvalue weighted by Gasteiger charge is -2.05. The van der Waals surface area contributed by atoms with E-state index in [1.165, 1.54) is 0 Å². The fourth-order valence-corrected chi connectivity index (χ4v) is 1.62. The van der Waals surface area contributed by atoms with E-state index in [4.69, 9.17) is 14.8 Å². The Morgan fingerprint density at radius 3 is 2.07 bits per heavy atom. The number of aliphatic hydroxyl groups is 2. The Bertz CT molecular complexity index is 416. The molecule has 0 bridgehead atoms. The molecule has 0 aliphatic rings. The highest BCUT2D eigenvalue weighted by atomic mass is 32.3. The van der Waals surface area contributed by atoms with Crippen molar-refractivity contribution < 1.29 is 44.2 Å². The van der Waals surface area contributed by atoms with E-state index in [0.29, 0.717) is 0 Å². The average Bonchev–Trinajstić information content (AvgIpc) is 1.96. The number of rotatable bonds is 5. The van der Waals surface area contributed by atoms with Crippen LogP contribution in [0.3, 0.4) is 0 Å². The summed E-state index contributed by atoms with van der Waals surface area (Å²) in [7, 11) is -10.7. The number of hydrogen-bond acceptors (Lipinski definition) is 9. The van der Waals surface area contributed by atoms with Gasteiger partial charge in [-0.3, -0.25) is 4.55 Å². The molecule has 90 valence electrons. The van der Waals surface area contributed by atoms with E-state index in [9.17, 15) is 21.6 Å². The van der Waals surface area contributed by atoms with E-state index in [2.05, 4.69) is 7.81 Å². The summed E-state index contributed by atoms with van der Waals surface area (Å²) < 4.78 is 55.0. The largest absolute Gasteiger partial charge is 0.468 e. The molecule has 0 radical (unpaired) electrons. The molecule has 0 rings (SSSR count). The molecule has 15 heavy (non-hydrogen) atoms. The molecule has 0 aromatic carbocycles. The zero-order chi connectivity index (χ0) is 12.3. The van der Waals surface area contributed by atoms with Gasteiger partial charge in [-0.15, -0.1) is 0 Å². The normalized spacial score (nSPS) is 14.6. The molecule has 0 aromatic heterocycles. The lowest BCUT2D eigenvalue weighted by molar-refractivity contribution is -0.145. The minimum atomic E-state index is -5.37. The third kappa shape index (κ3) is 6.32. The number of carbonyl (C=O) groups excluding carboxylic acids is 1. The second-order valence-electron chi connectivity index (χ2n) is 2.00. The van der Waals surface area contributed by atoms with E-state index in [0.717, 1.165) is 0 Å². The zero-order valence-corrected chi connectivity index (χ0v) is 8.43. The molecule has 0 heterocycles. The fraction of sp³-hybridized carbons (Fsp3) is 0.667. The maximum Gasteiger partial charge on any atom is 0.468 e. The van der Waals surface area contributed by atoms with Crippen molar-refractivity contribution in [3.8, 4) is 0 Å². The molecule has 0 aromatic rings. The topological polar surface area (TPSA) is 164 Å². The Kier molecular flexibility index (Phi) is 4.57. The van der Waals surface area contributed by atoms with Gasteiger partial charge in [-0.05, 0) is 0 Å². The van der Waals surface area contributed by atoms with Crippen LogP contribution in [-0.2, 0) is 33.4 Å². The van der Waals surface area contributed by atoms with Gasteiger partial charge in [0.25, 0.3) is 0 Å². The maximum absolute atomic E-state index is 10.5. The van der Waals surface area contributed by atoms with Gasteiger partial charge < -0.3 is 14.4 Å². The van der Waals surface area contributed by atoms with E-state index in [-0.39, 0.29) is 0 Å². The van der Waals surface area contributed by atoms with Crippen molar-refractivity contribution in [2.75, 3.05) is 6.61 Å². The van der Waals surface area contributed by atoms with Gasteiger partial charge >= 0.3 is 26.8 Å². The quantitative estimate of drug-likeness (QED) is 0.435. The van der Waals surface area contributed by atoms with E-state index in [1.807, 2.05) is 0 Å². The van der Waals surface area contributed by atoms with E-state index in [1.54, 1.807) is 0 Å². The van der Waals surface area contributed by atoms with Crippen LogP contribution in [0.25, 0.3) is 0 Å². The zero-order valence-electron chi connectivity index (χ0n) is 6.80. The van der Waals surface area contributed by atoms with Crippen LogP contribution >= 0.6 is 0 Å². The summed E-state index contributed by atoms with van der Waals surface area (Å²) in [4.78, 5) is 10.5. The first-order valence-corrected chi connectivity index (χ1v) is 5.73. The van der Waals surface area contributed by atoms with Gasteiger partial charge in [0.05, 0.1) is 6.61 Å². The summed E-state index contributed by atoms with van der Waals surface area (Å²) in [5.41, 5.74) is 0. The van der Waals surface area contributed by atoms with Gasteiger partial charge in [0.15, 0.2) is 6.10 Å². The first-order chi connectivity index (χ1) is 6.57. The molecular weight excluding hydrogens is 260 g/mol. The van der Waals surface area contributed by atoms with E-state index < -0.39 is 39.5 Å². The molecule has 0 saturated carbocycles. The van der Waals surface area contributed by atoms with Gasteiger partial charge in [-0.1, -0.05) is 3.63 Å². The van der Waals surface area contributed by atoms with Crippen LogP contribution < -0.4 is 0 Å². The molecule has 0 aliphatic heterocycles. The van der Waals surface area contributed by atoms with Crippen LogP contribution in [0.2, 0.25) is 0 Å². The Morgan fingerprint density at radius 2 is 1.73 bits per heavy atom. The predicted molar refractivity (Wildman–Crippen MR) is 40.7 cm³/mol. The van der Waals surface area contributed by atoms with Crippen LogP contribution in [0.1, 0.15) is 0 Å². The predicted octanol–water partition coefficient (Wildman–Crippen LogP) is -3.05. The third-order valence-corrected chi connectivity index (χ3v) is 2.52. The molecule has 0 aliphatic carbocycles. The molecule has 0 amide bonds. The average molecular weight is 266 g/mol. The highest BCUT2D eigenvalue weighted by Crippen LogP contribution is 2.02. The van der Waals surface area contributed by atoms with Crippen molar-refractivity contribution in [3.05, 3.63) is 0 Å². The Labute approximate surface area is 84.3 Å². The Morgan fingerprint density at radius 1 is 1.27 bits per heavy atom. The van der Waals surface area contributed by atoms with Gasteiger partial charge in [-0.2, -0.15) is 16.8 Å². The van der Waals surface area contributed by atoms with Crippen molar-refractivity contribution in [2.24, 2.45) is 0 Å². The molecule has 0 fully saturated rings. The molecule has 0 spiro atoms. The number of carbonyl (C=O) groups is 1. The van der Waals surface area contributed by atoms with Gasteiger partial charge in [0.2, 0.25) is 0 Å². The van der Waals surface area contributed by atoms with Crippen molar-refractivity contribution in [1.29, 1.82) is 0 Å². The van der Waals surface area contributed by atoms with Crippen molar-refractivity contribution in [1.82, 2.24) is 0 Å². The van der Waals surface area contributed by atoms with E-state index >= 15 is 0 Å². The molecule has 1 atom stereocenters. The molecule has 1 unspecified atom stereocenters. The van der Waals surface area contributed by atoms with Gasteiger partial charge in [0.1, 0.15) is 0 Å². The second kappa shape index (κ2) is 4.82. The monoisotopic (exact) mass is 266 g/mol. The first-order valence-electron chi connectivity index (χ1n) is 3.03. The summed E-state index contributed by atoms with van der Waals surface area (Å²) in [6, 6.07) is 0. The smallest absolute Gasteiger partial charge is 0.393 e. The minimum Gasteiger partial charge on any atom is -0.393 e. The highest BCUT2D eigenvalue weighted by Gasteiger charge is 2.28. The van der Waals surface area contributed by atoms with Crippen LogP contribution in [0.5, 0.6) is 0 Å². The van der Waals surface area contributed by atoms with Gasteiger partial charge in [0, 0.05) is 0 Å². The number of aliphatic hydroxyl groups excluding tert-OH is 2.